The van der Waals surface area contributed by atoms with E-state index in [9.17, 15) is 8.78 Å². The Labute approximate surface area is 120 Å². The van der Waals surface area contributed by atoms with E-state index in [0.717, 1.165) is 18.1 Å². The molecule has 0 atom stereocenters. The van der Waals surface area contributed by atoms with Crippen LogP contribution in [0.3, 0.4) is 0 Å². The van der Waals surface area contributed by atoms with Crippen molar-refractivity contribution in [1.29, 1.82) is 0 Å². The molecule has 106 valence electrons. The largest absolute Gasteiger partial charge is 0.436 e. The van der Waals surface area contributed by atoms with Gasteiger partial charge in [-0.2, -0.15) is 4.98 Å². The molecule has 1 aromatic carbocycles. The van der Waals surface area contributed by atoms with Crippen molar-refractivity contribution in [3.8, 4) is 11.6 Å². The van der Waals surface area contributed by atoms with Crippen molar-refractivity contribution in [2.24, 2.45) is 0 Å². The van der Waals surface area contributed by atoms with Crippen molar-refractivity contribution in [3.05, 3.63) is 46.5 Å². The Kier molecular flexibility index (Phi) is 4.39. The summed E-state index contributed by atoms with van der Waals surface area (Å²) in [4.78, 5) is 3.75. The van der Waals surface area contributed by atoms with Gasteiger partial charge in [0.15, 0.2) is 17.5 Å². The Balaban J connectivity index is 2.34. The quantitative estimate of drug-likeness (QED) is 0.908. The summed E-state index contributed by atoms with van der Waals surface area (Å²) in [5, 5.41) is 3.14. The highest BCUT2D eigenvalue weighted by Gasteiger charge is 2.13. The van der Waals surface area contributed by atoms with Crippen molar-refractivity contribution < 1.29 is 13.5 Å². The van der Waals surface area contributed by atoms with Gasteiger partial charge in [0.25, 0.3) is 5.88 Å². The number of halogens is 3. The first-order valence-electron chi connectivity index (χ1n) is 6.05. The van der Waals surface area contributed by atoms with Crippen LogP contribution in [0.4, 0.5) is 14.6 Å². The van der Waals surface area contributed by atoms with Crippen LogP contribution in [0, 0.1) is 11.6 Å². The van der Waals surface area contributed by atoms with E-state index in [-0.39, 0.29) is 11.7 Å². The minimum atomic E-state index is -0.866. The van der Waals surface area contributed by atoms with E-state index in [4.69, 9.17) is 16.3 Å². The van der Waals surface area contributed by atoms with Gasteiger partial charge in [-0.15, -0.1) is 0 Å². The van der Waals surface area contributed by atoms with E-state index < -0.39 is 11.6 Å². The number of nitrogens with zero attached hydrogens (tertiary/aromatic N) is 1. The van der Waals surface area contributed by atoms with Crippen LogP contribution in [0.5, 0.6) is 11.6 Å². The summed E-state index contributed by atoms with van der Waals surface area (Å²) >= 11 is 5.99. The number of hydrogen-bond acceptors (Lipinski definition) is 3. The zero-order chi connectivity index (χ0) is 14.7. The van der Waals surface area contributed by atoms with Crippen LogP contribution in [-0.4, -0.2) is 12.0 Å². The lowest BCUT2D eigenvalue weighted by atomic mass is 10.1. The highest BCUT2D eigenvalue weighted by atomic mass is 35.5. The minimum absolute atomic E-state index is 0.0777. The lowest BCUT2D eigenvalue weighted by molar-refractivity contribution is 0.418. The van der Waals surface area contributed by atoms with Crippen LogP contribution in [0.1, 0.15) is 12.5 Å². The molecule has 6 heteroatoms. The van der Waals surface area contributed by atoms with Crippen LogP contribution >= 0.6 is 11.6 Å². The molecule has 0 fully saturated rings. The van der Waals surface area contributed by atoms with Crippen molar-refractivity contribution in [3.63, 3.8) is 0 Å². The maximum atomic E-state index is 13.6. The number of ether oxygens (including phenoxy) is 1. The number of pyridine rings is 1. The molecule has 0 aliphatic rings. The molecule has 1 N–H and O–H groups in total. The monoisotopic (exact) mass is 298 g/mol. The lowest BCUT2D eigenvalue weighted by Crippen LogP contribution is -2.01. The predicted octanol–water partition coefficient (Wildman–Crippen LogP) is 4.41. The van der Waals surface area contributed by atoms with Crippen molar-refractivity contribution >= 4 is 17.4 Å². The summed E-state index contributed by atoms with van der Waals surface area (Å²) in [6, 6.07) is 5.69. The molecule has 0 radical (unpaired) electrons. The molecule has 0 unspecified atom stereocenters. The maximum absolute atomic E-state index is 13.6. The summed E-state index contributed by atoms with van der Waals surface area (Å²) in [5.74, 6) is -1.62. The number of rotatable bonds is 4. The summed E-state index contributed by atoms with van der Waals surface area (Å²) in [6.07, 6.45) is 0.719. The van der Waals surface area contributed by atoms with Crippen LogP contribution in [-0.2, 0) is 6.42 Å². The highest BCUT2D eigenvalue weighted by Crippen LogP contribution is 2.28. The van der Waals surface area contributed by atoms with E-state index >= 15 is 0 Å². The van der Waals surface area contributed by atoms with Gasteiger partial charge >= 0.3 is 0 Å². The number of aromatic nitrogens is 1. The third kappa shape index (κ3) is 2.99. The average Bonchev–Trinajstić information content (AvgIpc) is 2.43. The predicted molar refractivity (Wildman–Crippen MR) is 74.6 cm³/mol. The second-order valence-electron chi connectivity index (χ2n) is 4.06. The van der Waals surface area contributed by atoms with Crippen LogP contribution in [0.2, 0.25) is 5.02 Å². The number of benzene rings is 1. The zero-order valence-electron chi connectivity index (χ0n) is 11.0. The molecular weight excluding hydrogens is 286 g/mol. The second-order valence-corrected chi connectivity index (χ2v) is 4.47. The summed E-state index contributed by atoms with van der Waals surface area (Å²) in [5.41, 5.74) is 0.875. The van der Waals surface area contributed by atoms with Crippen LogP contribution < -0.4 is 10.1 Å². The lowest BCUT2D eigenvalue weighted by Gasteiger charge is -2.10. The summed E-state index contributed by atoms with van der Waals surface area (Å²) < 4.78 is 32.3. The maximum Gasteiger partial charge on any atom is 0.258 e. The van der Waals surface area contributed by atoms with Gasteiger partial charge in [0.2, 0.25) is 0 Å². The van der Waals surface area contributed by atoms with Crippen molar-refractivity contribution in [2.45, 2.75) is 13.3 Å². The SMILES string of the molecule is CCc1cc(Oc2nc(NC)c(F)cc2F)ccc1Cl. The Morgan fingerprint density at radius 2 is 2.00 bits per heavy atom. The molecule has 1 aromatic heterocycles. The molecule has 2 aromatic rings. The number of hydrogen-bond donors (Lipinski definition) is 1. The first-order valence-corrected chi connectivity index (χ1v) is 6.43. The van der Waals surface area contributed by atoms with E-state index in [1.54, 1.807) is 18.2 Å². The topological polar surface area (TPSA) is 34.1 Å². The fourth-order valence-electron chi connectivity index (χ4n) is 1.69. The van der Waals surface area contributed by atoms with Crippen LogP contribution in [0.15, 0.2) is 24.3 Å². The average molecular weight is 299 g/mol. The molecule has 2 rings (SSSR count). The molecule has 0 saturated heterocycles. The molecule has 20 heavy (non-hydrogen) atoms. The molecule has 0 spiro atoms. The van der Waals surface area contributed by atoms with Gasteiger partial charge in [-0.05, 0) is 30.2 Å². The fraction of sp³-hybridized carbons (Fsp3) is 0.214. The Bertz CT molecular complexity index is 635. The van der Waals surface area contributed by atoms with Gasteiger partial charge in [-0.3, -0.25) is 0 Å². The fourth-order valence-corrected chi connectivity index (χ4v) is 1.94. The molecule has 1 heterocycles. The summed E-state index contributed by atoms with van der Waals surface area (Å²) in [7, 11) is 1.49. The zero-order valence-corrected chi connectivity index (χ0v) is 11.8. The second kappa shape index (κ2) is 6.05. The molecule has 3 nitrogen and oxygen atoms in total. The Hall–Kier alpha value is -1.88. The molecule has 0 bridgehead atoms. The molecule has 0 aliphatic carbocycles. The normalized spacial score (nSPS) is 10.4. The third-order valence-corrected chi connectivity index (χ3v) is 3.12. The van der Waals surface area contributed by atoms with Gasteiger partial charge in [0.1, 0.15) is 5.75 Å². The Morgan fingerprint density at radius 3 is 2.65 bits per heavy atom. The van der Waals surface area contributed by atoms with E-state index in [2.05, 4.69) is 10.3 Å². The van der Waals surface area contributed by atoms with Gasteiger partial charge in [-0.25, -0.2) is 8.78 Å². The van der Waals surface area contributed by atoms with Gasteiger partial charge < -0.3 is 10.1 Å². The number of aryl methyl sites for hydroxylation is 1. The molecule has 0 amide bonds. The molecule has 0 aliphatic heterocycles. The first-order chi connectivity index (χ1) is 9.55. The molecule has 0 saturated carbocycles. The highest BCUT2D eigenvalue weighted by molar-refractivity contribution is 6.31. The smallest absolute Gasteiger partial charge is 0.258 e. The van der Waals surface area contributed by atoms with Crippen molar-refractivity contribution in [2.75, 3.05) is 12.4 Å². The van der Waals surface area contributed by atoms with E-state index in [0.29, 0.717) is 10.8 Å². The van der Waals surface area contributed by atoms with Gasteiger partial charge in [0, 0.05) is 18.1 Å². The summed E-state index contributed by atoms with van der Waals surface area (Å²) in [6.45, 7) is 1.95. The standard InChI is InChI=1S/C14H13ClF2N2O/c1-3-8-6-9(4-5-10(8)15)20-14-12(17)7-11(16)13(18-2)19-14/h4-7H,3H2,1-2H3,(H,18,19). The van der Waals surface area contributed by atoms with E-state index in [1.165, 1.54) is 7.05 Å². The first kappa shape index (κ1) is 14.5. The van der Waals surface area contributed by atoms with Gasteiger partial charge in [-0.1, -0.05) is 18.5 Å². The molecular formula is C14H13ClF2N2O. The van der Waals surface area contributed by atoms with Gasteiger partial charge in [0.05, 0.1) is 0 Å². The number of nitrogens with one attached hydrogen (secondary N) is 1. The van der Waals surface area contributed by atoms with Crippen LogP contribution in [0.25, 0.3) is 0 Å². The van der Waals surface area contributed by atoms with E-state index in [1.807, 2.05) is 6.92 Å². The Morgan fingerprint density at radius 1 is 1.25 bits per heavy atom. The number of anilines is 1. The third-order valence-electron chi connectivity index (χ3n) is 2.75. The minimum Gasteiger partial charge on any atom is -0.436 e. The van der Waals surface area contributed by atoms with Crippen molar-refractivity contribution in [1.82, 2.24) is 4.98 Å².